The molecule has 0 N–H and O–H groups in total. The predicted octanol–water partition coefficient (Wildman–Crippen LogP) is 2.94. The molecule has 1 fully saturated rings. The van der Waals surface area contributed by atoms with Crippen molar-refractivity contribution in [3.63, 3.8) is 0 Å². The van der Waals surface area contributed by atoms with E-state index >= 15 is 0 Å². The zero-order chi connectivity index (χ0) is 15.8. The third-order valence-electron chi connectivity index (χ3n) is 4.21. The Hall–Kier alpha value is -2.50. The van der Waals surface area contributed by atoms with Crippen LogP contribution in [-0.4, -0.2) is 29.3 Å². The van der Waals surface area contributed by atoms with Gasteiger partial charge in [-0.15, -0.1) is 0 Å². The quantitative estimate of drug-likeness (QED) is 0.849. The lowest BCUT2D eigenvalue weighted by Gasteiger charge is -2.19. The number of nitrogens with zero attached hydrogens (tertiary/aromatic N) is 2. The zero-order valence-corrected chi connectivity index (χ0v) is 12.9. The molecule has 0 unspecified atom stereocenters. The second-order valence-corrected chi connectivity index (χ2v) is 5.90. The van der Waals surface area contributed by atoms with Crippen LogP contribution in [0.1, 0.15) is 47.5 Å². The minimum Gasteiger partial charge on any atom is -0.454 e. The number of amides is 1. The summed E-state index contributed by atoms with van der Waals surface area (Å²) in [5.74, 6) is 2.64. The fourth-order valence-corrected chi connectivity index (χ4v) is 2.70. The van der Waals surface area contributed by atoms with Gasteiger partial charge in [0.2, 0.25) is 6.79 Å². The van der Waals surface area contributed by atoms with Crippen molar-refractivity contribution in [2.45, 2.75) is 32.2 Å². The lowest BCUT2D eigenvalue weighted by Crippen LogP contribution is -2.30. The molecule has 23 heavy (non-hydrogen) atoms. The van der Waals surface area contributed by atoms with Crippen LogP contribution < -0.4 is 9.47 Å². The summed E-state index contributed by atoms with van der Waals surface area (Å²) in [6.07, 6.45) is 2.25. The van der Waals surface area contributed by atoms with Gasteiger partial charge in [-0.3, -0.25) is 4.79 Å². The highest BCUT2D eigenvalue weighted by Gasteiger charge is 2.29. The van der Waals surface area contributed by atoms with Crippen LogP contribution in [0.25, 0.3) is 0 Å². The molecule has 1 aromatic carbocycles. The molecule has 1 amide bonds. The van der Waals surface area contributed by atoms with Crippen molar-refractivity contribution in [1.82, 2.24) is 10.1 Å². The highest BCUT2D eigenvalue weighted by Crippen LogP contribution is 2.40. The van der Waals surface area contributed by atoms with Gasteiger partial charge in [0.1, 0.15) is 5.76 Å². The molecule has 1 saturated carbocycles. The van der Waals surface area contributed by atoms with Crippen LogP contribution in [0, 0.1) is 0 Å². The molecule has 1 aromatic heterocycles. The van der Waals surface area contributed by atoms with Crippen LogP contribution in [0.2, 0.25) is 0 Å². The smallest absolute Gasteiger partial charge is 0.276 e. The van der Waals surface area contributed by atoms with Crippen LogP contribution >= 0.6 is 0 Å². The summed E-state index contributed by atoms with van der Waals surface area (Å²) in [7, 11) is 0. The van der Waals surface area contributed by atoms with E-state index in [9.17, 15) is 4.79 Å². The van der Waals surface area contributed by atoms with E-state index in [1.165, 1.54) is 0 Å². The van der Waals surface area contributed by atoms with E-state index in [1.54, 1.807) is 11.0 Å². The minimum absolute atomic E-state index is 0.110. The van der Waals surface area contributed by atoms with Gasteiger partial charge in [0, 0.05) is 25.1 Å². The fourth-order valence-electron chi connectivity index (χ4n) is 2.70. The van der Waals surface area contributed by atoms with Gasteiger partial charge in [0.05, 0.1) is 0 Å². The molecule has 4 rings (SSSR count). The number of aromatic nitrogens is 1. The molecular weight excluding hydrogens is 296 g/mol. The van der Waals surface area contributed by atoms with Crippen molar-refractivity contribution in [1.29, 1.82) is 0 Å². The number of carbonyl (C=O) groups is 1. The normalized spacial score (nSPS) is 15.7. The Kier molecular flexibility index (Phi) is 3.44. The molecule has 0 bridgehead atoms. The SMILES string of the molecule is CCN(Cc1ccc2c(c1)OCO2)C(=O)c1cc(C2CC2)on1. The molecule has 0 atom stereocenters. The third-order valence-corrected chi connectivity index (χ3v) is 4.21. The number of fused-ring (bicyclic) bond motifs is 1. The largest absolute Gasteiger partial charge is 0.454 e. The molecule has 1 aliphatic heterocycles. The second-order valence-electron chi connectivity index (χ2n) is 5.90. The third kappa shape index (κ3) is 2.76. The van der Waals surface area contributed by atoms with Gasteiger partial charge in [-0.1, -0.05) is 11.2 Å². The second kappa shape index (κ2) is 5.61. The summed E-state index contributed by atoms with van der Waals surface area (Å²) >= 11 is 0. The molecule has 0 radical (unpaired) electrons. The molecule has 1 aliphatic carbocycles. The molecule has 6 heteroatoms. The highest BCUT2D eigenvalue weighted by molar-refractivity contribution is 5.92. The topological polar surface area (TPSA) is 64.8 Å². The fraction of sp³-hybridized carbons (Fsp3) is 0.412. The first kappa shape index (κ1) is 14.1. The monoisotopic (exact) mass is 314 g/mol. The van der Waals surface area contributed by atoms with Crippen LogP contribution in [0.15, 0.2) is 28.8 Å². The Bertz CT molecular complexity index is 736. The van der Waals surface area contributed by atoms with Gasteiger partial charge in [-0.2, -0.15) is 0 Å². The Morgan fingerprint density at radius 3 is 2.87 bits per heavy atom. The number of hydrogen-bond acceptors (Lipinski definition) is 5. The van der Waals surface area contributed by atoms with E-state index in [0.29, 0.717) is 24.7 Å². The van der Waals surface area contributed by atoms with Gasteiger partial charge in [-0.05, 0) is 37.5 Å². The number of ether oxygens (including phenoxy) is 2. The summed E-state index contributed by atoms with van der Waals surface area (Å²) in [4.78, 5) is 14.4. The van der Waals surface area contributed by atoms with Crippen molar-refractivity contribution >= 4 is 5.91 Å². The average molecular weight is 314 g/mol. The molecule has 120 valence electrons. The molecule has 2 heterocycles. The molecule has 2 aliphatic rings. The van der Waals surface area contributed by atoms with Gasteiger partial charge >= 0.3 is 0 Å². The van der Waals surface area contributed by atoms with E-state index in [4.69, 9.17) is 14.0 Å². The summed E-state index contributed by atoms with van der Waals surface area (Å²) in [6, 6.07) is 7.51. The summed E-state index contributed by atoms with van der Waals surface area (Å²) in [5, 5.41) is 3.93. The van der Waals surface area contributed by atoms with E-state index in [-0.39, 0.29) is 12.7 Å². The van der Waals surface area contributed by atoms with E-state index < -0.39 is 0 Å². The lowest BCUT2D eigenvalue weighted by atomic mass is 10.1. The summed E-state index contributed by atoms with van der Waals surface area (Å²) in [6.45, 7) is 3.29. The first-order chi connectivity index (χ1) is 11.2. The molecule has 6 nitrogen and oxygen atoms in total. The standard InChI is InChI=1S/C17H18N2O4/c1-2-19(9-11-3-6-14-16(7-11)22-10-21-14)17(20)13-8-15(23-18-13)12-4-5-12/h3,6-8,12H,2,4-5,9-10H2,1H3. The summed E-state index contributed by atoms with van der Waals surface area (Å²) < 4.78 is 16.0. The first-order valence-electron chi connectivity index (χ1n) is 7.89. The average Bonchev–Trinajstić information content (AvgIpc) is 3.12. The van der Waals surface area contributed by atoms with Crippen molar-refractivity contribution in [2.24, 2.45) is 0 Å². The maximum absolute atomic E-state index is 12.6. The van der Waals surface area contributed by atoms with Crippen LogP contribution in [0.3, 0.4) is 0 Å². The first-order valence-corrected chi connectivity index (χ1v) is 7.89. The summed E-state index contributed by atoms with van der Waals surface area (Å²) in [5.41, 5.74) is 1.38. The highest BCUT2D eigenvalue weighted by atomic mass is 16.7. The number of hydrogen-bond donors (Lipinski definition) is 0. The lowest BCUT2D eigenvalue weighted by molar-refractivity contribution is 0.0742. The Labute approximate surface area is 134 Å². The maximum atomic E-state index is 12.6. The number of carbonyl (C=O) groups excluding carboxylic acids is 1. The Morgan fingerprint density at radius 2 is 2.09 bits per heavy atom. The van der Waals surface area contributed by atoms with Gasteiger partial charge < -0.3 is 18.9 Å². The van der Waals surface area contributed by atoms with Crippen molar-refractivity contribution in [3.05, 3.63) is 41.3 Å². The Balaban J connectivity index is 1.49. The van der Waals surface area contributed by atoms with Crippen LogP contribution in [0.4, 0.5) is 0 Å². The van der Waals surface area contributed by atoms with E-state index in [0.717, 1.165) is 35.7 Å². The molecule has 0 saturated heterocycles. The number of benzene rings is 1. The predicted molar refractivity (Wildman–Crippen MR) is 81.5 cm³/mol. The van der Waals surface area contributed by atoms with Crippen LogP contribution in [0.5, 0.6) is 11.5 Å². The van der Waals surface area contributed by atoms with Crippen molar-refractivity contribution < 1.29 is 18.8 Å². The van der Waals surface area contributed by atoms with E-state index in [2.05, 4.69) is 5.16 Å². The zero-order valence-electron chi connectivity index (χ0n) is 12.9. The number of rotatable bonds is 5. The minimum atomic E-state index is -0.110. The molecular formula is C17H18N2O4. The van der Waals surface area contributed by atoms with Crippen molar-refractivity contribution in [2.75, 3.05) is 13.3 Å². The molecule has 2 aromatic rings. The van der Waals surface area contributed by atoms with Gasteiger partial charge in [0.15, 0.2) is 17.2 Å². The van der Waals surface area contributed by atoms with Gasteiger partial charge in [0.25, 0.3) is 5.91 Å². The van der Waals surface area contributed by atoms with Crippen molar-refractivity contribution in [3.8, 4) is 11.5 Å². The Morgan fingerprint density at radius 1 is 1.26 bits per heavy atom. The maximum Gasteiger partial charge on any atom is 0.276 e. The van der Waals surface area contributed by atoms with Gasteiger partial charge in [-0.25, -0.2) is 0 Å². The van der Waals surface area contributed by atoms with Crippen LogP contribution in [-0.2, 0) is 6.54 Å². The molecule has 0 spiro atoms. The van der Waals surface area contributed by atoms with E-state index in [1.807, 2.05) is 25.1 Å².